The number of hydrogen-bond donors (Lipinski definition) is 12. The summed E-state index contributed by atoms with van der Waals surface area (Å²) in [5.41, 5.74) is 5.18. The number of hydrogen-bond acceptors (Lipinski definition) is 14. The van der Waals surface area contributed by atoms with Crippen LogP contribution >= 0.6 is 0 Å². The lowest BCUT2D eigenvalue weighted by Gasteiger charge is -2.23. The van der Waals surface area contributed by atoms with Crippen molar-refractivity contribution in [3.05, 3.63) is 0 Å². The average Bonchev–Trinajstić information content (AvgIpc) is 3.36. The second-order valence-corrected chi connectivity index (χ2v) is 17.5. The van der Waals surface area contributed by atoms with E-state index in [2.05, 4.69) is 37.2 Å². The predicted octanol–water partition coefficient (Wildman–Crippen LogP) is -5.26. The van der Waals surface area contributed by atoms with Crippen LogP contribution in [0.5, 0.6) is 0 Å². The topological polar surface area (TPSA) is 383 Å². The smallest absolute Gasteiger partial charge is 0.242 e. The maximum Gasteiger partial charge on any atom is 0.242 e. The first kappa shape index (κ1) is 67.5. The van der Waals surface area contributed by atoms with E-state index >= 15 is 0 Å². The van der Waals surface area contributed by atoms with Gasteiger partial charge in [-0.1, -0.05) is 26.7 Å². The van der Waals surface area contributed by atoms with E-state index in [4.69, 9.17) is 37.7 Å². The van der Waals surface area contributed by atoms with Crippen molar-refractivity contribution in [1.82, 2.24) is 63.0 Å². The van der Waals surface area contributed by atoms with Crippen molar-refractivity contribution < 1.29 is 62.3 Å². The summed E-state index contributed by atoms with van der Waals surface area (Å²) >= 11 is 0. The SMILES string of the molecule is [B]NC(=O)CCC(NC(=O)CCCNC(=O)CCC(NC(=O)CN(CC(=O)NCCCCCC(N)=O)CC(=O)NCCCCCC(=O)C(C)C)C(=O)NCCCC(=O)NC(CCC(=O)N[B])C(=O)N[B])C(=O)N[B]. The second kappa shape index (κ2) is 40.9. The van der Waals surface area contributed by atoms with E-state index in [0.717, 1.165) is 0 Å². The molecule has 74 heavy (non-hydrogen) atoms. The lowest BCUT2D eigenvalue weighted by atomic mass is 10.0. The van der Waals surface area contributed by atoms with E-state index in [1.54, 1.807) is 0 Å². The summed E-state index contributed by atoms with van der Waals surface area (Å²) in [7, 11) is 20.5. The summed E-state index contributed by atoms with van der Waals surface area (Å²) in [5.74, 6) is -7.40. The molecule has 0 aromatic heterocycles. The molecule has 0 aromatic rings. The fourth-order valence-electron chi connectivity index (χ4n) is 6.74. The first-order valence-corrected chi connectivity index (χ1v) is 24.6. The first-order chi connectivity index (χ1) is 35.1. The van der Waals surface area contributed by atoms with Crippen LogP contribution in [0.15, 0.2) is 0 Å². The van der Waals surface area contributed by atoms with Gasteiger partial charge >= 0.3 is 0 Å². The van der Waals surface area contributed by atoms with Crippen LogP contribution in [0.4, 0.5) is 0 Å². The Kier molecular flexibility index (Phi) is 37.4. The van der Waals surface area contributed by atoms with Crippen LogP contribution in [-0.4, -0.2) is 177 Å². The van der Waals surface area contributed by atoms with Gasteiger partial charge in [-0.15, -0.1) is 0 Å². The van der Waals surface area contributed by atoms with Gasteiger partial charge in [0.2, 0.25) is 103 Å². The Morgan fingerprint density at radius 3 is 1.19 bits per heavy atom. The Hall–Kier alpha value is -6.47. The van der Waals surface area contributed by atoms with Gasteiger partial charge in [0.15, 0.2) is 0 Å². The van der Waals surface area contributed by atoms with Crippen LogP contribution < -0.4 is 63.9 Å². The molecule has 0 fully saturated rings. The minimum absolute atomic E-state index is 0.0147. The van der Waals surface area contributed by atoms with Crippen LogP contribution in [0.2, 0.25) is 0 Å². The van der Waals surface area contributed by atoms with Gasteiger partial charge in [-0.25, -0.2) is 0 Å². The molecule has 404 valence electrons. The number of Topliss-reactive ketones (excluding diaryl/α,β-unsaturated/α-hetero) is 1. The van der Waals surface area contributed by atoms with Gasteiger partial charge in [-0.3, -0.25) is 67.2 Å². The number of nitrogens with two attached hydrogens (primary N) is 1. The number of nitrogens with zero attached hydrogens (tertiary/aromatic N) is 1. The van der Waals surface area contributed by atoms with Gasteiger partial charge in [0, 0.05) is 77.0 Å². The highest BCUT2D eigenvalue weighted by Gasteiger charge is 2.26. The third-order valence-electron chi connectivity index (χ3n) is 10.9. The molecule has 0 aliphatic heterocycles. The molecule has 3 unspecified atom stereocenters. The minimum Gasteiger partial charge on any atom is -0.409 e. The van der Waals surface area contributed by atoms with E-state index in [1.807, 2.05) is 34.8 Å². The Balaban J connectivity index is 5.93. The van der Waals surface area contributed by atoms with Crippen molar-refractivity contribution in [2.75, 3.05) is 45.8 Å². The zero-order valence-electron chi connectivity index (χ0n) is 42.6. The minimum atomic E-state index is -1.36. The molecule has 0 aromatic carbocycles. The number of carbonyl (C=O) groups excluding carboxylic acids is 13. The van der Waals surface area contributed by atoms with Crippen molar-refractivity contribution in [3.63, 3.8) is 0 Å². The van der Waals surface area contributed by atoms with Crippen LogP contribution in [0.25, 0.3) is 0 Å². The molecule has 0 rings (SSSR count). The molecular formula is C44H73B4N13O13. The van der Waals surface area contributed by atoms with E-state index in [1.165, 1.54) is 4.90 Å². The molecule has 0 heterocycles. The van der Waals surface area contributed by atoms with E-state index in [9.17, 15) is 62.3 Å². The van der Waals surface area contributed by atoms with E-state index in [-0.39, 0.29) is 109 Å². The Labute approximate surface area is 437 Å². The largest absolute Gasteiger partial charge is 0.409 e. The molecule has 0 spiro atoms. The summed E-state index contributed by atoms with van der Waals surface area (Å²) < 4.78 is 0. The van der Waals surface area contributed by atoms with Crippen LogP contribution in [-0.2, 0) is 62.3 Å². The van der Waals surface area contributed by atoms with Gasteiger partial charge < -0.3 is 63.9 Å². The molecule has 13 N–H and O–H groups in total. The molecule has 0 saturated carbocycles. The third-order valence-corrected chi connectivity index (χ3v) is 10.9. The van der Waals surface area contributed by atoms with Crippen molar-refractivity contribution in [1.29, 1.82) is 0 Å². The highest BCUT2D eigenvalue weighted by molar-refractivity contribution is 6.16. The maximum absolute atomic E-state index is 13.6. The number of ketones is 1. The Morgan fingerprint density at radius 2 is 0.757 bits per heavy atom. The molecule has 0 aliphatic carbocycles. The van der Waals surface area contributed by atoms with Gasteiger partial charge in [-0.2, -0.15) is 0 Å². The van der Waals surface area contributed by atoms with Crippen molar-refractivity contribution in [2.45, 2.75) is 148 Å². The highest BCUT2D eigenvalue weighted by atomic mass is 16.2. The summed E-state index contributed by atoms with van der Waals surface area (Å²) in [4.78, 5) is 163. The number of carbonyl (C=O) groups is 13. The monoisotopic (exact) mass is 1040 g/mol. The summed E-state index contributed by atoms with van der Waals surface area (Å²) in [5, 5.41) is 25.8. The number of nitrogens with one attached hydrogen (secondary N) is 11. The van der Waals surface area contributed by atoms with Crippen LogP contribution in [0, 0.1) is 5.92 Å². The summed E-state index contributed by atoms with van der Waals surface area (Å²) in [6.45, 7) is 2.68. The molecule has 30 heteroatoms. The standard InChI is InChI=1S/C44H73B4N13O13/c1-28(2)32(62)11-5-3-7-21-51-39(69)25-61(26-40(70)52-22-8-4-6-12-33(49)63)27-41(71)56-29(42(72)53-24-10-14-36(66)55-31(44(74)60-48)17-20-38(68)58-46)15-18-34(64)50-23-9-13-35(65)54-30(43(73)59-47)16-19-37(67)57-45/h28-31H,3-27H2,1-2H3,(H2,49,63)(H,50,64)(H,51,69)(H,52,70)(H,53,72)(H,54,65)(H,55,66)(H,56,71)(H,57,67)(H,58,68)(H,59,73)(H,60,74). The molecule has 0 bridgehead atoms. The fourth-order valence-corrected chi connectivity index (χ4v) is 6.74. The maximum atomic E-state index is 13.6. The normalized spacial score (nSPS) is 11.9. The van der Waals surface area contributed by atoms with Gasteiger partial charge in [0.25, 0.3) is 0 Å². The number of unbranched alkanes of at least 4 members (excludes halogenated alkanes) is 4. The number of rotatable bonds is 42. The van der Waals surface area contributed by atoms with Crippen molar-refractivity contribution in [3.8, 4) is 0 Å². The fraction of sp³-hybridized carbons (Fsp3) is 0.705. The lowest BCUT2D eigenvalue weighted by molar-refractivity contribution is -0.132. The molecule has 3 atom stereocenters. The number of primary amides is 1. The van der Waals surface area contributed by atoms with Gasteiger partial charge in [0.1, 0.15) is 23.9 Å². The Morgan fingerprint density at radius 1 is 0.378 bits per heavy atom. The predicted molar refractivity (Wildman–Crippen MR) is 272 cm³/mol. The third kappa shape index (κ3) is 34.8. The quantitative estimate of drug-likeness (QED) is 0.0201. The Bertz CT molecular complexity index is 1870. The van der Waals surface area contributed by atoms with E-state index < -0.39 is 109 Å². The van der Waals surface area contributed by atoms with Crippen LogP contribution in [0.1, 0.15) is 129 Å². The molecule has 12 amide bonds. The second-order valence-electron chi connectivity index (χ2n) is 17.5. The first-order valence-electron chi connectivity index (χ1n) is 24.6. The molecular weight excluding hydrogens is 962 g/mol. The zero-order valence-corrected chi connectivity index (χ0v) is 42.6. The average molecular weight is 1040 g/mol. The van der Waals surface area contributed by atoms with Crippen molar-refractivity contribution >= 4 is 109 Å². The van der Waals surface area contributed by atoms with Crippen LogP contribution in [0.3, 0.4) is 0 Å². The molecule has 8 radical (unpaired) electrons. The summed E-state index contributed by atoms with van der Waals surface area (Å²) in [6.07, 6.45) is 2.81. The van der Waals surface area contributed by atoms with Gasteiger partial charge in [0.05, 0.1) is 19.6 Å². The highest BCUT2D eigenvalue weighted by Crippen LogP contribution is 2.07. The lowest BCUT2D eigenvalue weighted by Crippen LogP contribution is -2.52. The summed E-state index contributed by atoms with van der Waals surface area (Å²) in [6, 6.07) is -3.67. The molecule has 26 nitrogen and oxygen atoms in total. The van der Waals surface area contributed by atoms with Crippen molar-refractivity contribution in [2.24, 2.45) is 11.7 Å². The molecule has 0 saturated heterocycles. The zero-order chi connectivity index (χ0) is 55.8. The van der Waals surface area contributed by atoms with Gasteiger partial charge in [-0.05, 0) is 57.8 Å². The molecule has 0 aliphatic rings. The number of amides is 12. The van der Waals surface area contributed by atoms with E-state index in [0.29, 0.717) is 44.9 Å².